The van der Waals surface area contributed by atoms with Gasteiger partial charge in [0, 0.05) is 13.0 Å². The summed E-state index contributed by atoms with van der Waals surface area (Å²) in [5.41, 5.74) is 0. The molecule has 0 aliphatic heterocycles. The van der Waals surface area contributed by atoms with E-state index in [0.717, 1.165) is 18.6 Å². The average molecular weight is 341 g/mol. The Morgan fingerprint density at radius 1 is 1.30 bits per heavy atom. The lowest BCUT2D eigenvalue weighted by atomic mass is 10.4. The lowest BCUT2D eigenvalue weighted by Gasteiger charge is -2.02. The van der Waals surface area contributed by atoms with Gasteiger partial charge in [-0.2, -0.15) is 4.98 Å². The number of sulfone groups is 1. The number of amides is 1. The van der Waals surface area contributed by atoms with E-state index < -0.39 is 21.6 Å². The number of hydrogen-bond donors (Lipinski definition) is 1. The molecule has 9 heteroatoms. The van der Waals surface area contributed by atoms with Crippen LogP contribution in [0.2, 0.25) is 0 Å². The number of rotatable bonds is 7. The van der Waals surface area contributed by atoms with Crippen molar-refractivity contribution in [2.75, 3.05) is 12.3 Å². The van der Waals surface area contributed by atoms with Crippen LogP contribution in [0.25, 0.3) is 0 Å². The van der Waals surface area contributed by atoms with E-state index in [2.05, 4.69) is 15.5 Å². The molecule has 0 aliphatic rings. The van der Waals surface area contributed by atoms with Crippen LogP contribution in [0.3, 0.4) is 0 Å². The number of aryl methyl sites for hydroxylation is 1. The van der Waals surface area contributed by atoms with Gasteiger partial charge in [-0.15, -0.1) is 0 Å². The highest BCUT2D eigenvalue weighted by atomic mass is 32.2. The Labute approximate surface area is 132 Å². The Kier molecular flexibility index (Phi) is 5.43. The third-order valence-corrected chi connectivity index (χ3v) is 4.70. The first-order valence-electron chi connectivity index (χ1n) is 7.01. The second-order valence-electron chi connectivity index (χ2n) is 4.79. The van der Waals surface area contributed by atoms with Crippen LogP contribution >= 0.6 is 0 Å². The fraction of sp³-hybridized carbons (Fsp3) is 0.357. The van der Waals surface area contributed by atoms with Gasteiger partial charge in [-0.25, -0.2) is 12.8 Å². The first-order valence-corrected chi connectivity index (χ1v) is 8.66. The highest BCUT2D eigenvalue weighted by Crippen LogP contribution is 2.13. The van der Waals surface area contributed by atoms with E-state index in [4.69, 9.17) is 4.52 Å². The molecule has 124 valence electrons. The molecule has 1 amide bonds. The van der Waals surface area contributed by atoms with E-state index in [-0.39, 0.29) is 28.8 Å². The Bertz CT molecular complexity index is 772. The van der Waals surface area contributed by atoms with Crippen LogP contribution in [0.15, 0.2) is 33.7 Å². The van der Waals surface area contributed by atoms with Gasteiger partial charge in [0.15, 0.2) is 15.7 Å². The predicted molar refractivity (Wildman–Crippen MR) is 79.1 cm³/mol. The average Bonchev–Trinajstić information content (AvgIpc) is 3.00. The van der Waals surface area contributed by atoms with Gasteiger partial charge in [-0.3, -0.25) is 4.79 Å². The van der Waals surface area contributed by atoms with Gasteiger partial charge in [0.1, 0.15) is 5.82 Å². The van der Waals surface area contributed by atoms with Crippen molar-refractivity contribution in [3.63, 3.8) is 0 Å². The maximum absolute atomic E-state index is 12.8. The molecule has 23 heavy (non-hydrogen) atoms. The number of benzene rings is 1. The zero-order valence-electron chi connectivity index (χ0n) is 12.5. The van der Waals surface area contributed by atoms with Gasteiger partial charge in [-0.05, 0) is 30.7 Å². The maximum Gasteiger partial charge on any atom is 0.315 e. The van der Waals surface area contributed by atoms with Crippen molar-refractivity contribution < 1.29 is 22.1 Å². The third kappa shape index (κ3) is 4.59. The van der Waals surface area contributed by atoms with Crippen molar-refractivity contribution >= 4 is 15.7 Å². The number of aromatic nitrogens is 2. The first-order chi connectivity index (χ1) is 10.9. The van der Waals surface area contributed by atoms with Crippen molar-refractivity contribution in [1.29, 1.82) is 0 Å². The Balaban J connectivity index is 1.99. The second kappa shape index (κ2) is 7.32. The standard InChI is InChI=1S/C14H16FN3O4S/c1-2-8-16-13(19)14-17-12(18-22-14)7-9-23(20,21)11-5-3-10(15)4-6-11/h3-6H,2,7-9H2,1H3,(H,16,19). The van der Waals surface area contributed by atoms with Gasteiger partial charge in [0.05, 0.1) is 10.6 Å². The zero-order chi connectivity index (χ0) is 16.9. The molecule has 2 rings (SSSR count). The van der Waals surface area contributed by atoms with Crippen molar-refractivity contribution in [3.05, 3.63) is 41.8 Å². The Hall–Kier alpha value is -2.29. The van der Waals surface area contributed by atoms with Crippen molar-refractivity contribution in [3.8, 4) is 0 Å². The molecule has 0 atom stereocenters. The van der Waals surface area contributed by atoms with Crippen LogP contribution in [-0.2, 0) is 16.3 Å². The molecule has 0 saturated heterocycles. The van der Waals surface area contributed by atoms with Crippen LogP contribution in [0.4, 0.5) is 4.39 Å². The van der Waals surface area contributed by atoms with Gasteiger partial charge in [0.2, 0.25) is 0 Å². The van der Waals surface area contributed by atoms with Crippen molar-refractivity contribution in [1.82, 2.24) is 15.5 Å². The molecule has 0 radical (unpaired) electrons. The van der Waals surface area contributed by atoms with Gasteiger partial charge in [0.25, 0.3) is 0 Å². The molecule has 2 aromatic rings. The van der Waals surface area contributed by atoms with Crippen molar-refractivity contribution in [2.24, 2.45) is 0 Å². The van der Waals surface area contributed by atoms with Crippen LogP contribution < -0.4 is 5.32 Å². The normalized spacial score (nSPS) is 11.4. The molecule has 7 nitrogen and oxygen atoms in total. The highest BCUT2D eigenvalue weighted by molar-refractivity contribution is 7.91. The molecule has 1 aromatic carbocycles. The molecule has 1 aromatic heterocycles. The SMILES string of the molecule is CCCNC(=O)c1nc(CCS(=O)(=O)c2ccc(F)cc2)no1. The fourth-order valence-corrected chi connectivity index (χ4v) is 2.99. The Morgan fingerprint density at radius 2 is 2.00 bits per heavy atom. The van der Waals surface area contributed by atoms with E-state index in [1.165, 1.54) is 12.1 Å². The number of carbonyl (C=O) groups excluding carboxylic acids is 1. The Morgan fingerprint density at radius 3 is 2.65 bits per heavy atom. The van der Waals surface area contributed by atoms with Crippen LogP contribution in [0.5, 0.6) is 0 Å². The molecular formula is C14H16FN3O4S. The summed E-state index contributed by atoms with van der Waals surface area (Å²) in [4.78, 5) is 15.5. The fourth-order valence-electron chi connectivity index (χ4n) is 1.75. The quantitative estimate of drug-likeness (QED) is 0.763. The molecule has 0 spiro atoms. The molecule has 0 fully saturated rings. The summed E-state index contributed by atoms with van der Waals surface area (Å²) in [6.07, 6.45) is 0.757. The summed E-state index contributed by atoms with van der Waals surface area (Å²) in [5, 5.41) is 6.16. The minimum absolute atomic E-state index is 0.00966. The van der Waals surface area contributed by atoms with Crippen molar-refractivity contribution in [2.45, 2.75) is 24.7 Å². The van der Waals surface area contributed by atoms with Crippen LogP contribution in [0.1, 0.15) is 29.9 Å². The maximum atomic E-state index is 12.8. The number of hydrogen-bond acceptors (Lipinski definition) is 6. The summed E-state index contributed by atoms with van der Waals surface area (Å²) in [5.74, 6) is -1.35. The van der Waals surface area contributed by atoms with Crippen LogP contribution in [0, 0.1) is 5.82 Å². The van der Waals surface area contributed by atoms with Gasteiger partial charge in [-0.1, -0.05) is 12.1 Å². The molecule has 1 N–H and O–H groups in total. The largest absolute Gasteiger partial charge is 0.348 e. The third-order valence-electron chi connectivity index (χ3n) is 2.97. The van der Waals surface area contributed by atoms with E-state index in [0.29, 0.717) is 6.54 Å². The zero-order valence-corrected chi connectivity index (χ0v) is 13.3. The number of carbonyl (C=O) groups is 1. The van der Waals surface area contributed by atoms with Gasteiger partial charge >= 0.3 is 11.8 Å². The first kappa shape index (κ1) is 17.1. The smallest absolute Gasteiger partial charge is 0.315 e. The van der Waals surface area contributed by atoms with Gasteiger partial charge < -0.3 is 9.84 Å². The topological polar surface area (TPSA) is 102 Å². The highest BCUT2D eigenvalue weighted by Gasteiger charge is 2.18. The molecule has 1 heterocycles. The van der Waals surface area contributed by atoms with E-state index in [1.807, 2.05) is 6.92 Å². The van der Waals surface area contributed by atoms with Crippen LogP contribution in [-0.4, -0.2) is 36.8 Å². The van der Waals surface area contributed by atoms with E-state index >= 15 is 0 Å². The number of nitrogens with one attached hydrogen (secondary N) is 1. The molecular weight excluding hydrogens is 325 g/mol. The summed E-state index contributed by atoms with van der Waals surface area (Å²) < 4.78 is 41.8. The lowest BCUT2D eigenvalue weighted by molar-refractivity contribution is 0.0910. The minimum Gasteiger partial charge on any atom is -0.348 e. The monoisotopic (exact) mass is 341 g/mol. The lowest BCUT2D eigenvalue weighted by Crippen LogP contribution is -2.24. The molecule has 0 bridgehead atoms. The summed E-state index contributed by atoms with van der Waals surface area (Å²) in [7, 11) is -3.59. The summed E-state index contributed by atoms with van der Waals surface area (Å²) in [6, 6.07) is 4.56. The molecule has 0 unspecified atom stereocenters. The predicted octanol–water partition coefficient (Wildman–Crippen LogP) is 1.36. The summed E-state index contributed by atoms with van der Waals surface area (Å²) in [6.45, 7) is 2.38. The van der Waals surface area contributed by atoms with E-state index in [9.17, 15) is 17.6 Å². The van der Waals surface area contributed by atoms with E-state index in [1.54, 1.807) is 0 Å². The molecule has 0 aliphatic carbocycles. The number of nitrogens with zero attached hydrogens (tertiary/aromatic N) is 2. The second-order valence-corrected chi connectivity index (χ2v) is 6.90. The summed E-state index contributed by atoms with van der Waals surface area (Å²) >= 11 is 0. The number of halogens is 1. The minimum atomic E-state index is -3.59. The molecule has 0 saturated carbocycles.